The molecule has 0 fully saturated rings. The van der Waals surface area contributed by atoms with E-state index >= 15 is 0 Å². The van der Waals surface area contributed by atoms with E-state index in [1.165, 1.54) is 4.68 Å². The number of nitrogens with one attached hydrogen (secondary N) is 1. The molecule has 3 aromatic rings. The molecular weight excluding hydrogens is 374 g/mol. The van der Waals surface area contributed by atoms with Gasteiger partial charge in [0.15, 0.2) is 0 Å². The molecule has 0 amide bonds. The van der Waals surface area contributed by atoms with Crippen LogP contribution in [0, 0.1) is 6.92 Å². The lowest BCUT2D eigenvalue weighted by Gasteiger charge is -2.11. The number of anilines is 1. The topological polar surface area (TPSA) is 73.1 Å². The van der Waals surface area contributed by atoms with Crippen LogP contribution in [0.5, 0.6) is 0 Å². The molecule has 6 nitrogen and oxygen atoms in total. The van der Waals surface area contributed by atoms with Gasteiger partial charge in [0.1, 0.15) is 5.69 Å². The van der Waals surface area contributed by atoms with Crippen molar-refractivity contribution in [1.29, 1.82) is 0 Å². The van der Waals surface area contributed by atoms with Gasteiger partial charge in [-0.2, -0.15) is 0 Å². The van der Waals surface area contributed by atoms with Gasteiger partial charge in [0, 0.05) is 7.05 Å². The Kier molecular flexibility index (Phi) is 5.47. The molecule has 0 aliphatic rings. The van der Waals surface area contributed by atoms with Crippen molar-refractivity contribution in [2.75, 3.05) is 4.72 Å². The zero-order valence-electron chi connectivity index (χ0n) is 16.5. The van der Waals surface area contributed by atoms with Crippen LogP contribution in [0.25, 0.3) is 5.69 Å². The fourth-order valence-electron chi connectivity index (χ4n) is 3.09. The van der Waals surface area contributed by atoms with Gasteiger partial charge in [-0.1, -0.05) is 44.2 Å². The van der Waals surface area contributed by atoms with Crippen molar-refractivity contribution in [2.45, 2.75) is 38.0 Å². The summed E-state index contributed by atoms with van der Waals surface area (Å²) in [4.78, 5) is 13.1. The number of benzene rings is 2. The van der Waals surface area contributed by atoms with Gasteiger partial charge < -0.3 is 0 Å². The first-order chi connectivity index (χ1) is 13.3. The van der Waals surface area contributed by atoms with Gasteiger partial charge in [-0.15, -0.1) is 0 Å². The van der Waals surface area contributed by atoms with Crippen molar-refractivity contribution < 1.29 is 8.42 Å². The lowest BCUT2D eigenvalue weighted by Crippen LogP contribution is -2.23. The van der Waals surface area contributed by atoms with Crippen molar-refractivity contribution in [3.8, 4) is 5.69 Å². The van der Waals surface area contributed by atoms with Crippen LogP contribution in [0.2, 0.25) is 0 Å². The summed E-state index contributed by atoms with van der Waals surface area (Å²) in [6.07, 6.45) is 0.979. The molecule has 0 unspecified atom stereocenters. The van der Waals surface area contributed by atoms with Gasteiger partial charge in [0.2, 0.25) is 0 Å². The Bertz CT molecular complexity index is 1130. The van der Waals surface area contributed by atoms with E-state index in [1.807, 2.05) is 30.3 Å². The number of rotatable bonds is 6. The molecule has 148 valence electrons. The van der Waals surface area contributed by atoms with Crippen molar-refractivity contribution in [2.24, 2.45) is 7.05 Å². The van der Waals surface area contributed by atoms with Crippen LogP contribution < -0.4 is 10.3 Å². The summed E-state index contributed by atoms with van der Waals surface area (Å²) in [5.74, 6) is 0.360. The minimum Gasteiger partial charge on any atom is -0.283 e. The molecule has 1 heterocycles. The van der Waals surface area contributed by atoms with Gasteiger partial charge in [-0.25, -0.2) is 13.1 Å². The standard InChI is InChI=1S/C21H25N3O3S/c1-5-15(2)17-11-13-19(14-12-17)28(26,27)22-20-16(3)23(4)24(21(20)25)18-9-7-6-8-10-18/h6-15,22H,5H2,1-4H3/t15-/m0/s1. The summed E-state index contributed by atoms with van der Waals surface area (Å²) >= 11 is 0. The second kappa shape index (κ2) is 7.67. The Labute approximate surface area is 165 Å². The number of aromatic nitrogens is 2. The minimum absolute atomic E-state index is 0.0531. The van der Waals surface area contributed by atoms with Gasteiger partial charge >= 0.3 is 0 Å². The average molecular weight is 400 g/mol. The first-order valence-corrected chi connectivity index (χ1v) is 10.7. The molecule has 1 aromatic heterocycles. The lowest BCUT2D eigenvalue weighted by molar-refractivity contribution is 0.601. The molecule has 1 atom stereocenters. The van der Waals surface area contributed by atoms with Crippen molar-refractivity contribution >= 4 is 15.7 Å². The fraction of sp³-hybridized carbons (Fsp3) is 0.286. The van der Waals surface area contributed by atoms with Crippen LogP contribution >= 0.6 is 0 Å². The normalized spacial score (nSPS) is 12.7. The first-order valence-electron chi connectivity index (χ1n) is 9.23. The Morgan fingerprint density at radius 3 is 2.21 bits per heavy atom. The number of hydrogen-bond donors (Lipinski definition) is 1. The zero-order valence-corrected chi connectivity index (χ0v) is 17.3. The van der Waals surface area contributed by atoms with Crippen LogP contribution in [0.4, 0.5) is 5.69 Å². The van der Waals surface area contributed by atoms with Gasteiger partial charge in [0.25, 0.3) is 15.6 Å². The second-order valence-corrected chi connectivity index (χ2v) is 8.60. The fourth-order valence-corrected chi connectivity index (χ4v) is 4.21. The summed E-state index contributed by atoms with van der Waals surface area (Å²) in [5.41, 5.74) is 1.93. The molecule has 28 heavy (non-hydrogen) atoms. The van der Waals surface area contributed by atoms with Crippen molar-refractivity contribution in [3.05, 3.63) is 76.2 Å². The monoisotopic (exact) mass is 399 g/mol. The van der Waals surface area contributed by atoms with Crippen LogP contribution in [-0.4, -0.2) is 17.8 Å². The smallest absolute Gasteiger partial charge is 0.283 e. The Morgan fingerprint density at radius 1 is 1.04 bits per heavy atom. The van der Waals surface area contributed by atoms with E-state index in [-0.39, 0.29) is 10.6 Å². The average Bonchev–Trinajstić information content (AvgIpc) is 2.91. The molecule has 0 spiro atoms. The maximum absolute atomic E-state index is 12.9. The summed E-state index contributed by atoms with van der Waals surface area (Å²) in [6.45, 7) is 5.90. The third-order valence-electron chi connectivity index (χ3n) is 5.16. The maximum atomic E-state index is 12.9. The molecule has 0 radical (unpaired) electrons. The van der Waals surface area contributed by atoms with Crippen LogP contribution in [0.3, 0.4) is 0 Å². The third kappa shape index (κ3) is 3.62. The third-order valence-corrected chi connectivity index (χ3v) is 6.53. The molecule has 0 aliphatic carbocycles. The quantitative estimate of drug-likeness (QED) is 0.685. The van der Waals surface area contributed by atoms with Crippen LogP contribution in [0.1, 0.15) is 37.4 Å². The molecule has 0 saturated carbocycles. The van der Waals surface area contributed by atoms with E-state index in [1.54, 1.807) is 42.9 Å². The highest BCUT2D eigenvalue weighted by atomic mass is 32.2. The van der Waals surface area contributed by atoms with E-state index in [2.05, 4.69) is 18.6 Å². The van der Waals surface area contributed by atoms with Crippen LogP contribution in [-0.2, 0) is 17.1 Å². The molecule has 7 heteroatoms. The van der Waals surface area contributed by atoms with E-state index in [0.29, 0.717) is 17.3 Å². The molecule has 0 aliphatic heterocycles. The number of sulfonamides is 1. The van der Waals surface area contributed by atoms with E-state index in [4.69, 9.17) is 0 Å². The Morgan fingerprint density at radius 2 is 1.64 bits per heavy atom. The predicted octanol–water partition coefficient (Wildman–Crippen LogP) is 3.80. The summed E-state index contributed by atoms with van der Waals surface area (Å²) in [6, 6.07) is 15.9. The number of para-hydroxylation sites is 1. The highest BCUT2D eigenvalue weighted by molar-refractivity contribution is 7.92. The summed E-state index contributed by atoms with van der Waals surface area (Å²) in [5, 5.41) is 0. The highest BCUT2D eigenvalue weighted by Gasteiger charge is 2.22. The highest BCUT2D eigenvalue weighted by Crippen LogP contribution is 2.22. The molecule has 2 aromatic carbocycles. The van der Waals surface area contributed by atoms with E-state index in [0.717, 1.165) is 12.0 Å². The molecule has 1 N–H and O–H groups in total. The first kappa shape index (κ1) is 19.9. The molecule has 0 bridgehead atoms. The SMILES string of the molecule is CC[C@H](C)c1ccc(S(=O)(=O)Nc2c(C)n(C)n(-c3ccccc3)c2=O)cc1. The zero-order chi connectivity index (χ0) is 20.5. The largest absolute Gasteiger partial charge is 0.296 e. The minimum atomic E-state index is -3.87. The van der Waals surface area contributed by atoms with E-state index in [9.17, 15) is 13.2 Å². The molecule has 0 saturated heterocycles. The van der Waals surface area contributed by atoms with E-state index < -0.39 is 15.6 Å². The van der Waals surface area contributed by atoms with Crippen LogP contribution in [0.15, 0.2) is 64.3 Å². The summed E-state index contributed by atoms with van der Waals surface area (Å²) < 4.78 is 31.3. The number of hydrogen-bond acceptors (Lipinski definition) is 3. The molecular formula is C21H25N3O3S. The predicted molar refractivity (Wildman–Crippen MR) is 112 cm³/mol. The Balaban J connectivity index is 1.98. The maximum Gasteiger partial charge on any atom is 0.296 e. The van der Waals surface area contributed by atoms with Gasteiger partial charge in [-0.05, 0) is 49.1 Å². The van der Waals surface area contributed by atoms with Gasteiger partial charge in [-0.3, -0.25) is 14.2 Å². The van der Waals surface area contributed by atoms with Crippen molar-refractivity contribution in [3.63, 3.8) is 0 Å². The Hall–Kier alpha value is -2.80. The van der Waals surface area contributed by atoms with Crippen molar-refractivity contribution in [1.82, 2.24) is 9.36 Å². The van der Waals surface area contributed by atoms with Gasteiger partial charge in [0.05, 0.1) is 16.3 Å². The second-order valence-electron chi connectivity index (χ2n) is 6.92. The molecule has 3 rings (SSSR count). The lowest BCUT2D eigenvalue weighted by atomic mass is 9.99. The summed E-state index contributed by atoms with van der Waals surface area (Å²) in [7, 11) is -2.15. The number of nitrogens with zero attached hydrogens (tertiary/aromatic N) is 2.